The fourth-order valence-corrected chi connectivity index (χ4v) is 7.95. The van der Waals surface area contributed by atoms with Crippen LogP contribution in [0.15, 0.2) is 48.1 Å². The predicted octanol–water partition coefficient (Wildman–Crippen LogP) is 7.73. The fraction of sp³-hybridized carbons (Fsp3) is 0.364. The van der Waals surface area contributed by atoms with E-state index in [0.29, 0.717) is 41.1 Å². The van der Waals surface area contributed by atoms with Crippen LogP contribution < -0.4 is 0 Å². The zero-order valence-electron chi connectivity index (χ0n) is 33.3. The normalized spacial score (nSPS) is 16.2. The second-order valence-electron chi connectivity index (χ2n) is 14.1. The molecule has 1 atom stereocenters. The molecule has 2 N–H and O–H groups in total. The van der Waals surface area contributed by atoms with Crippen LogP contribution in [0, 0.1) is 13.8 Å². The molecule has 0 amide bonds. The molecule has 8 bridgehead atoms. The van der Waals surface area contributed by atoms with Crippen LogP contribution in [-0.4, -0.2) is 71.2 Å². The van der Waals surface area contributed by atoms with Crippen molar-refractivity contribution in [3.8, 4) is 0 Å². The van der Waals surface area contributed by atoms with Crippen LogP contribution in [0.25, 0.3) is 44.9 Å². The van der Waals surface area contributed by atoms with Gasteiger partial charge in [-0.3, -0.25) is 14.6 Å². The quantitative estimate of drug-likeness (QED) is 0.146. The summed E-state index contributed by atoms with van der Waals surface area (Å²) in [6, 6.07) is 7.77. The number of nitrogens with one attached hydrogen (secondary N) is 2. The van der Waals surface area contributed by atoms with Crippen LogP contribution >= 0.6 is 0 Å². The number of hydrogen-bond acceptors (Lipinski definition) is 10. The van der Waals surface area contributed by atoms with Gasteiger partial charge in [0.1, 0.15) is 0 Å². The van der Waals surface area contributed by atoms with Crippen molar-refractivity contribution >= 4 is 68.7 Å². The maximum atomic E-state index is 14.0. The van der Waals surface area contributed by atoms with Gasteiger partial charge in [0.05, 0.1) is 66.8 Å². The molecule has 0 saturated carbocycles. The molecule has 56 heavy (non-hydrogen) atoms. The van der Waals surface area contributed by atoms with Crippen LogP contribution in [0.2, 0.25) is 0 Å². The summed E-state index contributed by atoms with van der Waals surface area (Å²) in [7, 11) is 2.74. The highest BCUT2D eigenvalue weighted by atomic mass is 16.5. The van der Waals surface area contributed by atoms with E-state index >= 15 is 0 Å². The van der Waals surface area contributed by atoms with Crippen molar-refractivity contribution in [1.82, 2.24) is 19.9 Å². The monoisotopic (exact) mass is 760 g/mol. The number of aromatic nitrogens is 4. The van der Waals surface area contributed by atoms with Crippen molar-refractivity contribution in [3.05, 3.63) is 93.1 Å². The van der Waals surface area contributed by atoms with E-state index in [9.17, 15) is 19.2 Å². The Morgan fingerprint density at radius 1 is 0.786 bits per heavy atom. The van der Waals surface area contributed by atoms with E-state index in [-0.39, 0.29) is 55.6 Å². The Balaban J connectivity index is 1.75. The molecule has 3 aliphatic rings. The molecule has 6 rings (SSSR count). The third-order valence-corrected chi connectivity index (χ3v) is 11.0. The third kappa shape index (κ3) is 7.00. The van der Waals surface area contributed by atoms with Crippen molar-refractivity contribution in [3.63, 3.8) is 0 Å². The van der Waals surface area contributed by atoms with Gasteiger partial charge in [-0.2, -0.15) is 0 Å². The molecule has 292 valence electrons. The average molecular weight is 761 g/mol. The number of methoxy groups -OCH3 is 2. The summed E-state index contributed by atoms with van der Waals surface area (Å²) in [6.45, 7) is 15.7. The largest absolute Gasteiger partial charge is 0.469 e. The number of carbonyl (C=O) groups is 4. The minimum atomic E-state index is -1.21. The molecule has 0 saturated heterocycles. The minimum Gasteiger partial charge on any atom is -0.469 e. The van der Waals surface area contributed by atoms with Crippen molar-refractivity contribution < 1.29 is 38.1 Å². The summed E-state index contributed by atoms with van der Waals surface area (Å²) in [6.07, 6.45) is 4.96. The van der Waals surface area contributed by atoms with Crippen molar-refractivity contribution in [2.75, 3.05) is 27.4 Å². The van der Waals surface area contributed by atoms with Crippen molar-refractivity contribution in [2.45, 2.75) is 79.1 Å². The van der Waals surface area contributed by atoms with Gasteiger partial charge < -0.3 is 28.9 Å². The molecule has 3 aromatic heterocycles. The average Bonchev–Trinajstić information content (AvgIpc) is 3.83. The van der Waals surface area contributed by atoms with E-state index in [1.165, 1.54) is 14.2 Å². The first-order chi connectivity index (χ1) is 26.8. The molecule has 0 aromatic carbocycles. The maximum Gasteiger partial charge on any atom is 0.335 e. The lowest BCUT2D eigenvalue weighted by atomic mass is 9.68. The molecule has 1 aliphatic carbocycles. The molecular weight excluding hydrogens is 713 g/mol. The highest BCUT2D eigenvalue weighted by molar-refractivity contribution is 6.08. The highest BCUT2D eigenvalue weighted by Gasteiger charge is 2.50. The topological polar surface area (TPSA) is 163 Å². The molecule has 2 aliphatic heterocycles. The van der Waals surface area contributed by atoms with Gasteiger partial charge in [0.25, 0.3) is 0 Å². The number of allylic oxidation sites excluding steroid dienone is 4. The molecule has 12 nitrogen and oxygen atoms in total. The molecule has 0 radical (unpaired) electrons. The van der Waals surface area contributed by atoms with Gasteiger partial charge in [-0.1, -0.05) is 18.7 Å². The summed E-state index contributed by atoms with van der Waals surface area (Å²) in [5, 5.41) is 0. The minimum absolute atomic E-state index is 0.108. The van der Waals surface area contributed by atoms with Gasteiger partial charge in [0, 0.05) is 40.5 Å². The number of H-pyrrole nitrogens is 2. The number of esters is 4. The summed E-state index contributed by atoms with van der Waals surface area (Å²) in [4.78, 5) is 69.7. The summed E-state index contributed by atoms with van der Waals surface area (Å²) >= 11 is 0. The van der Waals surface area contributed by atoms with Gasteiger partial charge in [0.15, 0.2) is 0 Å². The Morgan fingerprint density at radius 2 is 1.43 bits per heavy atom. The van der Waals surface area contributed by atoms with E-state index in [4.69, 9.17) is 28.9 Å². The number of aromatic amines is 2. The number of aryl methyl sites for hydroxylation is 3. The van der Waals surface area contributed by atoms with E-state index in [1.54, 1.807) is 19.9 Å². The van der Waals surface area contributed by atoms with E-state index < -0.39 is 17.4 Å². The van der Waals surface area contributed by atoms with Crippen LogP contribution in [0.5, 0.6) is 0 Å². The van der Waals surface area contributed by atoms with Crippen molar-refractivity contribution in [1.29, 1.82) is 0 Å². The zero-order valence-corrected chi connectivity index (χ0v) is 33.3. The predicted molar refractivity (Wildman–Crippen MR) is 215 cm³/mol. The van der Waals surface area contributed by atoms with E-state index in [1.807, 2.05) is 58.0 Å². The van der Waals surface area contributed by atoms with Crippen molar-refractivity contribution in [2.24, 2.45) is 0 Å². The third-order valence-electron chi connectivity index (χ3n) is 11.0. The number of rotatable bonds is 11. The smallest absolute Gasteiger partial charge is 0.335 e. The SMILES string of the molecule is C=Cc1c(C)c2cc3[nH]c(cc4nc(cc5nc(cc1[nH]2)C1(C)C5=CCC(C(=O)OCC)=C1C(=O)OCC)C(C)=C4CCC(=O)OC)c(CCC(=O)OC)c3C. The maximum absolute atomic E-state index is 14.0. The van der Waals surface area contributed by atoms with Gasteiger partial charge >= 0.3 is 23.9 Å². The zero-order chi connectivity index (χ0) is 40.5. The number of fused-ring (bicyclic) bond motifs is 11. The lowest BCUT2D eigenvalue weighted by molar-refractivity contribution is -0.142. The first-order valence-corrected chi connectivity index (χ1v) is 18.8. The van der Waals surface area contributed by atoms with Gasteiger partial charge in [0.2, 0.25) is 0 Å². The van der Waals surface area contributed by atoms with Crippen LogP contribution in [0.3, 0.4) is 0 Å². The molecule has 3 aromatic rings. The number of nitrogens with zero attached hydrogens (tertiary/aromatic N) is 2. The number of hydrogen-bond donors (Lipinski definition) is 2. The lowest BCUT2D eigenvalue weighted by Crippen LogP contribution is -2.34. The standard InChI is InChI=1S/C44H48N4O8/c1-10-26-23(4)31-19-32-24(5)27(14-17-39(49)53-8)34(45-32)21-35-28(15-18-40(50)54-9)25(6)33(46-35)20-37-30-16-13-29(42(51)55-11-2)41(43(52)56-12-3)44(30,7)38(48-37)22-36(26)47-31/h10,16,19-22,45,47H,1,11-15,17-18H2,2-9H3. The molecular formula is C44H48N4O8. The van der Waals surface area contributed by atoms with E-state index in [0.717, 1.165) is 55.5 Å². The number of carbonyl (C=O) groups excluding carboxylic acids is 4. The summed E-state index contributed by atoms with van der Waals surface area (Å²) in [5.74, 6) is -1.87. The van der Waals surface area contributed by atoms with Crippen LogP contribution in [0.1, 0.15) is 98.4 Å². The molecule has 0 fully saturated rings. The van der Waals surface area contributed by atoms with Gasteiger partial charge in [-0.15, -0.1) is 0 Å². The second-order valence-corrected chi connectivity index (χ2v) is 14.1. The van der Waals surface area contributed by atoms with E-state index in [2.05, 4.69) is 16.5 Å². The molecule has 12 heteroatoms. The summed E-state index contributed by atoms with van der Waals surface area (Å²) < 4.78 is 21.0. The Hall–Kier alpha value is -6.04. The van der Waals surface area contributed by atoms with Gasteiger partial charge in [-0.25, -0.2) is 14.6 Å². The molecule has 0 spiro atoms. The van der Waals surface area contributed by atoms with Crippen LogP contribution in [0.4, 0.5) is 0 Å². The lowest BCUT2D eigenvalue weighted by Gasteiger charge is -2.33. The second kappa shape index (κ2) is 16.0. The molecule has 5 heterocycles. The Kier molecular flexibility index (Phi) is 11.3. The fourth-order valence-electron chi connectivity index (χ4n) is 7.95. The van der Waals surface area contributed by atoms with Crippen LogP contribution in [-0.2, 0) is 50.0 Å². The Labute approximate surface area is 325 Å². The highest BCUT2D eigenvalue weighted by Crippen LogP contribution is 2.52. The first kappa shape index (κ1) is 39.6. The number of ether oxygens (including phenoxy) is 4. The first-order valence-electron chi connectivity index (χ1n) is 18.8. The Morgan fingerprint density at radius 3 is 2.09 bits per heavy atom. The summed E-state index contributed by atoms with van der Waals surface area (Å²) in [5.41, 5.74) is 10.7. The van der Waals surface area contributed by atoms with Gasteiger partial charge in [-0.05, 0) is 118 Å². The molecule has 1 unspecified atom stereocenters. The Bertz CT molecular complexity index is 2440.